The average Bonchev–Trinajstić information content (AvgIpc) is 3.07. The summed E-state index contributed by atoms with van der Waals surface area (Å²) >= 11 is 0. The minimum absolute atomic E-state index is 0.0148. The minimum atomic E-state index is -4.10. The van der Waals surface area contributed by atoms with Gasteiger partial charge < -0.3 is 20.3 Å². The zero-order valence-electron chi connectivity index (χ0n) is 27.8. The van der Waals surface area contributed by atoms with Crippen molar-refractivity contribution in [2.24, 2.45) is 5.41 Å². The fourth-order valence-electron chi connectivity index (χ4n) is 5.87. The van der Waals surface area contributed by atoms with E-state index in [2.05, 4.69) is 53.1 Å². The molecule has 256 valence electrons. The van der Waals surface area contributed by atoms with Crippen molar-refractivity contribution in [3.05, 3.63) is 132 Å². The fraction of sp³-hybridized carbons (Fsp3) is 0.342. The molecular formula is C38H47N3O6S. The molecule has 0 bridgehead atoms. The first-order valence-electron chi connectivity index (χ1n) is 16.1. The first-order valence-corrected chi connectivity index (χ1v) is 17.6. The molecule has 0 saturated heterocycles. The summed E-state index contributed by atoms with van der Waals surface area (Å²) in [5, 5.41) is 24.0. The van der Waals surface area contributed by atoms with Crippen LogP contribution in [-0.2, 0) is 29.5 Å². The van der Waals surface area contributed by atoms with E-state index >= 15 is 0 Å². The number of nitrogens with zero attached hydrogens (tertiary/aromatic N) is 1. The molecule has 48 heavy (non-hydrogen) atoms. The molecule has 0 aliphatic heterocycles. The molecule has 1 unspecified atom stereocenters. The second kappa shape index (κ2) is 17.3. The summed E-state index contributed by atoms with van der Waals surface area (Å²) < 4.78 is 35.3. The number of aliphatic hydroxyl groups is 1. The number of nitrogens with one attached hydrogen (secondary N) is 2. The number of rotatable bonds is 18. The Kier molecular flexibility index (Phi) is 13.2. The quantitative estimate of drug-likeness (QED) is 0.101. The Labute approximate surface area is 284 Å². The van der Waals surface area contributed by atoms with Crippen LogP contribution in [-0.4, -0.2) is 61.5 Å². The number of methoxy groups -OCH3 is 1. The molecule has 1 amide bonds. The van der Waals surface area contributed by atoms with Crippen LogP contribution in [0.2, 0.25) is 0 Å². The second-order valence-electron chi connectivity index (χ2n) is 12.9. The van der Waals surface area contributed by atoms with Gasteiger partial charge in [-0.25, -0.2) is 17.9 Å². The third-order valence-corrected chi connectivity index (χ3v) is 9.99. The van der Waals surface area contributed by atoms with E-state index in [1.165, 1.54) is 30.4 Å². The van der Waals surface area contributed by atoms with E-state index in [0.717, 1.165) is 18.7 Å². The number of amides is 1. The molecule has 4 aromatic carbocycles. The van der Waals surface area contributed by atoms with E-state index in [0.29, 0.717) is 18.7 Å². The van der Waals surface area contributed by atoms with Gasteiger partial charge in [-0.15, -0.1) is 0 Å². The SMILES string of the molecule is COc1ccc(S(=O)(=O)NC(CC(C)(C)CCN(Cc2ccccc2)Cc2ccccc2)[C@H](O)[C@H](Cc2ccccc2)NC(=O)O)cc1. The monoisotopic (exact) mass is 673 g/mol. The Morgan fingerprint density at radius 3 is 1.77 bits per heavy atom. The van der Waals surface area contributed by atoms with Crippen molar-refractivity contribution in [1.82, 2.24) is 14.9 Å². The maximum Gasteiger partial charge on any atom is 0.404 e. The van der Waals surface area contributed by atoms with Crippen LogP contribution in [0.5, 0.6) is 5.75 Å². The normalized spacial score (nSPS) is 13.9. The molecule has 0 aliphatic carbocycles. The van der Waals surface area contributed by atoms with Crippen LogP contribution in [0.1, 0.15) is 43.4 Å². The van der Waals surface area contributed by atoms with E-state index in [1.807, 2.05) is 66.7 Å². The molecule has 4 N–H and O–H groups in total. The van der Waals surface area contributed by atoms with Crippen molar-refractivity contribution in [2.75, 3.05) is 13.7 Å². The van der Waals surface area contributed by atoms with Gasteiger partial charge in [-0.1, -0.05) is 105 Å². The van der Waals surface area contributed by atoms with Crippen molar-refractivity contribution in [3.63, 3.8) is 0 Å². The lowest BCUT2D eigenvalue weighted by molar-refractivity contribution is 0.0694. The molecule has 0 aliphatic rings. The minimum Gasteiger partial charge on any atom is -0.497 e. The number of hydrogen-bond donors (Lipinski definition) is 4. The zero-order valence-corrected chi connectivity index (χ0v) is 28.6. The van der Waals surface area contributed by atoms with Gasteiger partial charge in [-0.3, -0.25) is 4.90 Å². The number of carbonyl (C=O) groups is 1. The van der Waals surface area contributed by atoms with E-state index in [9.17, 15) is 23.4 Å². The smallest absolute Gasteiger partial charge is 0.404 e. The van der Waals surface area contributed by atoms with Crippen molar-refractivity contribution in [2.45, 2.75) is 69.3 Å². The highest BCUT2D eigenvalue weighted by Gasteiger charge is 2.36. The predicted octanol–water partition coefficient (Wildman–Crippen LogP) is 6.09. The third kappa shape index (κ3) is 11.5. The van der Waals surface area contributed by atoms with Gasteiger partial charge >= 0.3 is 6.09 Å². The highest BCUT2D eigenvalue weighted by atomic mass is 32.2. The van der Waals surface area contributed by atoms with Gasteiger partial charge in [0.2, 0.25) is 10.0 Å². The highest BCUT2D eigenvalue weighted by molar-refractivity contribution is 7.89. The summed E-state index contributed by atoms with van der Waals surface area (Å²) in [7, 11) is -2.60. The molecule has 3 atom stereocenters. The molecule has 4 aromatic rings. The first kappa shape index (κ1) is 36.6. The van der Waals surface area contributed by atoms with Crippen LogP contribution in [0.15, 0.2) is 120 Å². The molecule has 9 nitrogen and oxygen atoms in total. The van der Waals surface area contributed by atoms with Crippen LogP contribution in [0.25, 0.3) is 0 Å². The number of hydrogen-bond acceptors (Lipinski definition) is 6. The largest absolute Gasteiger partial charge is 0.497 e. The van der Waals surface area contributed by atoms with E-state index in [1.54, 1.807) is 12.1 Å². The Balaban J connectivity index is 1.59. The van der Waals surface area contributed by atoms with Gasteiger partial charge in [0, 0.05) is 13.1 Å². The van der Waals surface area contributed by atoms with Crippen LogP contribution in [0, 0.1) is 5.41 Å². The standard InChI is InChI=1S/C38H47N3O6S/c1-38(2,23-24-41(27-30-15-9-5-10-16-30)28-31-17-11-6-12-18-31)26-35(40-48(45,46)33-21-19-32(47-3)20-22-33)36(42)34(39-37(43)44)25-29-13-7-4-8-14-29/h4-22,34-36,39-40,42H,23-28H2,1-3H3,(H,43,44)/t34-,35?,36+/m0/s1. The maximum atomic E-state index is 13.7. The molecule has 0 heterocycles. The highest BCUT2D eigenvalue weighted by Crippen LogP contribution is 2.31. The van der Waals surface area contributed by atoms with Crippen molar-refractivity contribution < 1.29 is 28.2 Å². The van der Waals surface area contributed by atoms with E-state index < -0.39 is 39.7 Å². The van der Waals surface area contributed by atoms with Crippen molar-refractivity contribution >= 4 is 16.1 Å². The lowest BCUT2D eigenvalue weighted by Gasteiger charge is -2.37. The Hall–Kier alpha value is -4.22. The number of carboxylic acid groups (broad SMARTS) is 1. The molecule has 10 heteroatoms. The van der Waals surface area contributed by atoms with Crippen LogP contribution < -0.4 is 14.8 Å². The van der Waals surface area contributed by atoms with Crippen LogP contribution in [0.4, 0.5) is 4.79 Å². The number of ether oxygens (including phenoxy) is 1. The summed E-state index contributed by atoms with van der Waals surface area (Å²) in [5.41, 5.74) is 2.73. The van der Waals surface area contributed by atoms with Crippen molar-refractivity contribution in [1.29, 1.82) is 0 Å². The zero-order chi connectivity index (χ0) is 34.6. The fourth-order valence-corrected chi connectivity index (χ4v) is 7.13. The average molecular weight is 674 g/mol. The Morgan fingerprint density at radius 1 is 0.792 bits per heavy atom. The summed E-state index contributed by atoms with van der Waals surface area (Å²) in [6.45, 7) is 6.29. The summed E-state index contributed by atoms with van der Waals surface area (Å²) in [6.07, 6.45) is -1.56. The predicted molar refractivity (Wildman–Crippen MR) is 188 cm³/mol. The Bertz CT molecular complexity index is 1610. The molecule has 0 fully saturated rings. The van der Waals surface area contributed by atoms with E-state index in [4.69, 9.17) is 4.74 Å². The summed E-state index contributed by atoms with van der Waals surface area (Å²) in [6, 6.07) is 33.7. The van der Waals surface area contributed by atoms with Gasteiger partial charge in [-0.05, 0) is 72.2 Å². The lowest BCUT2D eigenvalue weighted by atomic mass is 9.79. The number of sulfonamides is 1. The van der Waals surface area contributed by atoms with Gasteiger partial charge in [-0.2, -0.15) is 0 Å². The first-order chi connectivity index (χ1) is 22.9. The lowest BCUT2D eigenvalue weighted by Crippen LogP contribution is -2.56. The summed E-state index contributed by atoms with van der Waals surface area (Å²) in [5.74, 6) is 0.510. The van der Waals surface area contributed by atoms with Crippen LogP contribution >= 0.6 is 0 Å². The molecule has 0 saturated carbocycles. The van der Waals surface area contributed by atoms with Crippen LogP contribution in [0.3, 0.4) is 0 Å². The number of aliphatic hydroxyl groups excluding tert-OH is 1. The van der Waals surface area contributed by atoms with Gasteiger partial charge in [0.05, 0.1) is 30.2 Å². The Morgan fingerprint density at radius 2 is 1.29 bits per heavy atom. The van der Waals surface area contributed by atoms with Gasteiger partial charge in [0.15, 0.2) is 0 Å². The van der Waals surface area contributed by atoms with Gasteiger partial charge in [0.1, 0.15) is 5.75 Å². The topological polar surface area (TPSA) is 128 Å². The molecule has 4 rings (SSSR count). The van der Waals surface area contributed by atoms with E-state index in [-0.39, 0.29) is 17.7 Å². The van der Waals surface area contributed by atoms with Crippen molar-refractivity contribution in [3.8, 4) is 5.75 Å². The van der Waals surface area contributed by atoms with Gasteiger partial charge in [0.25, 0.3) is 0 Å². The molecule has 0 aromatic heterocycles. The second-order valence-corrected chi connectivity index (χ2v) is 14.7. The molecule has 0 spiro atoms. The summed E-state index contributed by atoms with van der Waals surface area (Å²) in [4.78, 5) is 14.3. The maximum absolute atomic E-state index is 13.7. The molecule has 0 radical (unpaired) electrons. The third-order valence-electron chi connectivity index (χ3n) is 8.48. The number of benzene rings is 4. The molecular weight excluding hydrogens is 627 g/mol.